The van der Waals surface area contributed by atoms with Crippen LogP contribution in [0.2, 0.25) is 0 Å². The van der Waals surface area contributed by atoms with E-state index in [9.17, 15) is 18.0 Å². The summed E-state index contributed by atoms with van der Waals surface area (Å²) in [5.74, 6) is -2.81. The van der Waals surface area contributed by atoms with Crippen molar-refractivity contribution in [3.05, 3.63) is 88.2 Å². The predicted molar refractivity (Wildman–Crippen MR) is 93.8 cm³/mol. The number of nitrogens with one attached hydrogen (secondary N) is 1. The number of hydrogen-bond acceptors (Lipinski definition) is 1. The van der Waals surface area contributed by atoms with Crippen LogP contribution < -0.4 is 5.32 Å². The number of carbonyl (C=O) groups is 1. The van der Waals surface area contributed by atoms with Crippen LogP contribution in [0.25, 0.3) is 11.1 Å². The molecular formula is C19H11BrF3NO. The van der Waals surface area contributed by atoms with Gasteiger partial charge in [0.25, 0.3) is 5.91 Å². The molecule has 0 bridgehead atoms. The van der Waals surface area contributed by atoms with E-state index in [4.69, 9.17) is 0 Å². The lowest BCUT2D eigenvalue weighted by Gasteiger charge is -2.13. The lowest BCUT2D eigenvalue weighted by atomic mass is 10.0. The van der Waals surface area contributed by atoms with E-state index in [1.807, 2.05) is 0 Å². The zero-order valence-corrected chi connectivity index (χ0v) is 14.3. The van der Waals surface area contributed by atoms with Crippen LogP contribution >= 0.6 is 15.9 Å². The molecule has 2 nitrogen and oxygen atoms in total. The van der Waals surface area contributed by atoms with Crippen molar-refractivity contribution in [3.63, 3.8) is 0 Å². The van der Waals surface area contributed by atoms with Crippen molar-refractivity contribution in [2.24, 2.45) is 0 Å². The highest BCUT2D eigenvalue weighted by Crippen LogP contribution is 2.32. The van der Waals surface area contributed by atoms with Gasteiger partial charge in [-0.2, -0.15) is 0 Å². The topological polar surface area (TPSA) is 29.1 Å². The molecule has 0 unspecified atom stereocenters. The van der Waals surface area contributed by atoms with Gasteiger partial charge in [-0.05, 0) is 45.8 Å². The molecule has 0 saturated carbocycles. The molecule has 0 heterocycles. The second-order valence-corrected chi connectivity index (χ2v) is 6.11. The monoisotopic (exact) mass is 405 g/mol. The summed E-state index contributed by atoms with van der Waals surface area (Å²) >= 11 is 3.10. The van der Waals surface area contributed by atoms with Gasteiger partial charge >= 0.3 is 0 Å². The number of carbonyl (C=O) groups excluding carboxylic acids is 1. The van der Waals surface area contributed by atoms with Gasteiger partial charge in [0.05, 0.1) is 11.3 Å². The van der Waals surface area contributed by atoms with E-state index in [-0.39, 0.29) is 21.3 Å². The number of rotatable bonds is 3. The number of anilines is 1. The fraction of sp³-hybridized carbons (Fsp3) is 0. The highest BCUT2D eigenvalue weighted by atomic mass is 79.9. The van der Waals surface area contributed by atoms with Gasteiger partial charge in [-0.3, -0.25) is 4.79 Å². The smallest absolute Gasteiger partial charge is 0.256 e. The summed E-state index contributed by atoms with van der Waals surface area (Å²) < 4.78 is 41.4. The van der Waals surface area contributed by atoms with Gasteiger partial charge in [0.2, 0.25) is 0 Å². The molecule has 25 heavy (non-hydrogen) atoms. The summed E-state index contributed by atoms with van der Waals surface area (Å²) in [6.07, 6.45) is 0. The molecule has 3 aromatic carbocycles. The average Bonchev–Trinajstić information content (AvgIpc) is 2.57. The van der Waals surface area contributed by atoms with Crippen molar-refractivity contribution in [2.75, 3.05) is 5.32 Å². The number of amides is 1. The molecule has 1 amide bonds. The van der Waals surface area contributed by atoms with E-state index in [0.29, 0.717) is 11.6 Å². The molecule has 3 aromatic rings. The molecule has 3 rings (SSSR count). The SMILES string of the molecule is O=C(Nc1c(F)cc(F)cc1-c1ccccc1)c1ccc(F)cc1Br. The Bertz CT molecular complexity index is 945. The molecule has 0 saturated heterocycles. The Morgan fingerprint density at radius 1 is 0.880 bits per heavy atom. The molecule has 0 fully saturated rings. The third-order valence-electron chi connectivity index (χ3n) is 3.55. The van der Waals surface area contributed by atoms with Crippen LogP contribution in [0.5, 0.6) is 0 Å². The lowest BCUT2D eigenvalue weighted by molar-refractivity contribution is 0.102. The zero-order chi connectivity index (χ0) is 18.0. The standard InChI is InChI=1S/C19H11BrF3NO/c20-16-9-12(21)6-7-14(16)19(25)24-18-15(8-13(22)10-17(18)23)11-4-2-1-3-5-11/h1-10H,(H,24,25). The Labute approximate surface area is 150 Å². The molecule has 0 radical (unpaired) electrons. The van der Waals surface area contributed by atoms with E-state index in [2.05, 4.69) is 21.2 Å². The molecule has 0 aliphatic rings. The van der Waals surface area contributed by atoms with Crippen molar-refractivity contribution in [1.29, 1.82) is 0 Å². The minimum Gasteiger partial charge on any atom is -0.319 e. The van der Waals surface area contributed by atoms with Gasteiger partial charge in [-0.1, -0.05) is 30.3 Å². The van der Waals surface area contributed by atoms with Crippen LogP contribution in [0.15, 0.2) is 65.1 Å². The third kappa shape index (κ3) is 3.74. The van der Waals surface area contributed by atoms with Crippen LogP contribution in [0.3, 0.4) is 0 Å². The van der Waals surface area contributed by atoms with Crippen LogP contribution in [0, 0.1) is 17.5 Å². The van der Waals surface area contributed by atoms with Gasteiger partial charge in [-0.25, -0.2) is 13.2 Å². The first-order valence-electron chi connectivity index (χ1n) is 7.26. The van der Waals surface area contributed by atoms with Gasteiger partial charge in [0, 0.05) is 16.1 Å². The number of halogens is 4. The van der Waals surface area contributed by atoms with E-state index in [1.54, 1.807) is 30.3 Å². The largest absolute Gasteiger partial charge is 0.319 e. The Kier molecular flexibility index (Phi) is 4.90. The summed E-state index contributed by atoms with van der Waals surface area (Å²) in [4.78, 5) is 12.4. The second-order valence-electron chi connectivity index (χ2n) is 5.25. The predicted octanol–water partition coefficient (Wildman–Crippen LogP) is 5.79. The number of hydrogen-bond donors (Lipinski definition) is 1. The van der Waals surface area contributed by atoms with Crippen molar-refractivity contribution < 1.29 is 18.0 Å². The van der Waals surface area contributed by atoms with Gasteiger partial charge < -0.3 is 5.32 Å². The minimum absolute atomic E-state index is 0.129. The summed E-state index contributed by atoms with van der Waals surface area (Å²) in [6, 6.07) is 13.9. The summed E-state index contributed by atoms with van der Waals surface area (Å²) in [7, 11) is 0. The summed E-state index contributed by atoms with van der Waals surface area (Å²) in [5.41, 5.74) is 0.747. The Morgan fingerprint density at radius 2 is 1.60 bits per heavy atom. The summed E-state index contributed by atoms with van der Waals surface area (Å²) in [6.45, 7) is 0. The van der Waals surface area contributed by atoms with Crippen molar-refractivity contribution in [1.82, 2.24) is 0 Å². The third-order valence-corrected chi connectivity index (χ3v) is 4.21. The highest BCUT2D eigenvalue weighted by Gasteiger charge is 2.18. The van der Waals surface area contributed by atoms with Crippen LogP contribution in [-0.4, -0.2) is 5.91 Å². The molecule has 0 aliphatic heterocycles. The molecule has 0 atom stereocenters. The van der Waals surface area contributed by atoms with Gasteiger partial charge in [0.15, 0.2) is 0 Å². The minimum atomic E-state index is -0.898. The van der Waals surface area contributed by atoms with Crippen molar-refractivity contribution >= 4 is 27.5 Å². The van der Waals surface area contributed by atoms with Crippen LogP contribution in [-0.2, 0) is 0 Å². The Morgan fingerprint density at radius 3 is 2.28 bits per heavy atom. The first-order chi connectivity index (χ1) is 12.0. The number of benzene rings is 3. The fourth-order valence-electron chi connectivity index (χ4n) is 2.40. The first-order valence-corrected chi connectivity index (χ1v) is 8.06. The highest BCUT2D eigenvalue weighted by molar-refractivity contribution is 9.10. The molecular weight excluding hydrogens is 395 g/mol. The average molecular weight is 406 g/mol. The molecule has 1 N–H and O–H groups in total. The zero-order valence-electron chi connectivity index (χ0n) is 12.7. The summed E-state index contributed by atoms with van der Waals surface area (Å²) in [5, 5.41) is 2.45. The van der Waals surface area contributed by atoms with Gasteiger partial charge in [0.1, 0.15) is 17.5 Å². The van der Waals surface area contributed by atoms with Crippen molar-refractivity contribution in [3.8, 4) is 11.1 Å². The Balaban J connectivity index is 2.04. The second kappa shape index (κ2) is 7.11. The quantitative estimate of drug-likeness (QED) is 0.587. The van der Waals surface area contributed by atoms with Crippen LogP contribution in [0.1, 0.15) is 10.4 Å². The maximum absolute atomic E-state index is 14.3. The van der Waals surface area contributed by atoms with Crippen LogP contribution in [0.4, 0.5) is 18.9 Å². The molecule has 6 heteroatoms. The fourth-order valence-corrected chi connectivity index (χ4v) is 2.93. The lowest BCUT2D eigenvalue weighted by Crippen LogP contribution is -2.15. The maximum Gasteiger partial charge on any atom is 0.256 e. The Hall–Kier alpha value is -2.60. The normalized spacial score (nSPS) is 10.6. The molecule has 0 aromatic heterocycles. The van der Waals surface area contributed by atoms with E-state index >= 15 is 0 Å². The first kappa shape index (κ1) is 17.2. The van der Waals surface area contributed by atoms with E-state index in [1.165, 1.54) is 6.07 Å². The molecule has 0 aliphatic carbocycles. The van der Waals surface area contributed by atoms with E-state index in [0.717, 1.165) is 18.2 Å². The maximum atomic E-state index is 14.3. The van der Waals surface area contributed by atoms with Gasteiger partial charge in [-0.15, -0.1) is 0 Å². The molecule has 0 spiro atoms. The van der Waals surface area contributed by atoms with E-state index < -0.39 is 23.4 Å². The molecule has 126 valence electrons. The van der Waals surface area contributed by atoms with Crippen molar-refractivity contribution in [2.45, 2.75) is 0 Å².